The van der Waals surface area contributed by atoms with Crippen LogP contribution in [0.15, 0.2) is 97.1 Å². The second-order valence-corrected chi connectivity index (χ2v) is 23.0. The van der Waals surface area contributed by atoms with Gasteiger partial charge < -0.3 is 20.5 Å². The van der Waals surface area contributed by atoms with Gasteiger partial charge >= 0.3 is 0 Å². The first-order valence-corrected chi connectivity index (χ1v) is 25.6. The van der Waals surface area contributed by atoms with Crippen molar-refractivity contribution in [2.75, 3.05) is 39.4 Å². The molecule has 7 heteroatoms. The van der Waals surface area contributed by atoms with E-state index in [1.165, 1.54) is 113 Å². The van der Waals surface area contributed by atoms with Gasteiger partial charge in [0, 0.05) is 59.2 Å². The zero-order valence-electron chi connectivity index (χ0n) is 39.2. The van der Waals surface area contributed by atoms with E-state index < -0.39 is 0 Å². The first-order valence-electron chi connectivity index (χ1n) is 25.6. The van der Waals surface area contributed by atoms with E-state index in [0.717, 1.165) is 62.7 Å². The number of aryl methyl sites for hydroxylation is 2. The summed E-state index contributed by atoms with van der Waals surface area (Å²) in [7, 11) is 0. The lowest BCUT2D eigenvalue weighted by atomic mass is 9.45. The van der Waals surface area contributed by atoms with Crippen LogP contribution >= 0.6 is 0 Å². The van der Waals surface area contributed by atoms with Crippen molar-refractivity contribution in [1.82, 2.24) is 15.1 Å². The summed E-state index contributed by atoms with van der Waals surface area (Å²) >= 11 is 0. The average Bonchev–Trinajstić information content (AvgIpc) is 4.29. The van der Waals surface area contributed by atoms with Gasteiger partial charge in [-0.2, -0.15) is 0 Å². The Kier molecular flexibility index (Phi) is 10.5. The number of ether oxygens (including phenoxy) is 2. The Morgan fingerprint density at radius 1 is 0.646 bits per heavy atom. The molecular weight excluding hydrogens is 801 g/mol. The maximum Gasteiger partial charge on any atom is 0.150 e. The molecule has 65 heavy (non-hydrogen) atoms. The van der Waals surface area contributed by atoms with Gasteiger partial charge in [0.15, 0.2) is 0 Å². The maximum atomic E-state index is 10.0. The van der Waals surface area contributed by atoms with Gasteiger partial charge in [0.1, 0.15) is 6.29 Å². The molecule has 4 aromatic rings. The van der Waals surface area contributed by atoms with Gasteiger partial charge in [-0.3, -0.25) is 14.6 Å². The molecule has 342 valence electrons. The highest BCUT2D eigenvalue weighted by molar-refractivity contribution is 5.74. The number of aldehydes is 1. The number of nitrogens with two attached hydrogens (primary N) is 1. The highest BCUT2D eigenvalue weighted by Crippen LogP contribution is 2.66. The van der Waals surface area contributed by atoms with E-state index in [0.29, 0.717) is 12.1 Å². The summed E-state index contributed by atoms with van der Waals surface area (Å²) in [4.78, 5) is 15.7. The Morgan fingerprint density at radius 3 is 1.68 bits per heavy atom. The summed E-state index contributed by atoms with van der Waals surface area (Å²) in [5.41, 5.74) is 18.4. The molecule has 4 aromatic carbocycles. The van der Waals surface area contributed by atoms with Crippen molar-refractivity contribution in [2.45, 2.75) is 155 Å². The number of hydrogen-bond acceptors (Lipinski definition) is 7. The van der Waals surface area contributed by atoms with Crippen molar-refractivity contribution < 1.29 is 14.3 Å². The summed E-state index contributed by atoms with van der Waals surface area (Å²) in [6.07, 6.45) is 18.5. The van der Waals surface area contributed by atoms with Gasteiger partial charge in [-0.15, -0.1) is 0 Å². The van der Waals surface area contributed by atoms with Crippen LogP contribution in [0.5, 0.6) is 0 Å². The Bertz CT molecular complexity index is 2400. The number of nitrogens with zero attached hydrogens (tertiary/aromatic N) is 2. The van der Waals surface area contributed by atoms with Crippen LogP contribution in [0, 0.1) is 25.7 Å². The smallest absolute Gasteiger partial charge is 0.150 e. The lowest BCUT2D eigenvalue weighted by Gasteiger charge is -2.72. The first-order chi connectivity index (χ1) is 31.6. The zero-order chi connectivity index (χ0) is 44.1. The predicted octanol–water partition coefficient (Wildman–Crippen LogP) is 9.18. The maximum absolute atomic E-state index is 10.0. The van der Waals surface area contributed by atoms with E-state index in [-0.39, 0.29) is 33.1 Å². The van der Waals surface area contributed by atoms with Crippen molar-refractivity contribution >= 4 is 6.29 Å². The van der Waals surface area contributed by atoms with Crippen molar-refractivity contribution in [2.24, 2.45) is 17.6 Å². The van der Waals surface area contributed by atoms with Crippen LogP contribution in [-0.2, 0) is 39.7 Å². The minimum Gasteiger partial charge on any atom is -0.371 e. The molecule has 6 aliphatic heterocycles. The van der Waals surface area contributed by atoms with Crippen molar-refractivity contribution in [1.29, 1.82) is 0 Å². The van der Waals surface area contributed by atoms with E-state index in [4.69, 9.17) is 15.2 Å². The van der Waals surface area contributed by atoms with Crippen LogP contribution in [0.25, 0.3) is 0 Å². The molecule has 6 saturated heterocycles. The number of carbonyl (C=O) groups is 1. The molecule has 16 rings (SSSR count). The normalized spacial score (nSPS) is 37.0. The molecule has 8 atom stereocenters. The quantitative estimate of drug-likeness (QED) is 0.171. The second-order valence-electron chi connectivity index (χ2n) is 23.0. The van der Waals surface area contributed by atoms with E-state index in [2.05, 4.69) is 95.7 Å². The van der Waals surface area contributed by atoms with Crippen molar-refractivity contribution in [3.63, 3.8) is 0 Å². The third-order valence-corrected chi connectivity index (χ3v) is 18.9. The topological polar surface area (TPSA) is 80.1 Å². The van der Waals surface area contributed by atoms with Crippen LogP contribution in [0.2, 0.25) is 0 Å². The molecule has 6 aliphatic carbocycles. The fourth-order valence-corrected chi connectivity index (χ4v) is 15.4. The van der Waals surface area contributed by atoms with Crippen molar-refractivity contribution in [3.8, 4) is 0 Å². The SMILES string of the molecule is Cc1ccc2c(c1)[C@]13CCN(CC4CC4)[C@H](C2)[C@]12CC[C@@](N)(CO2)C3.Cc1ccc2c(c1)[C@]13CCN(CC4CC4)[C@H](C2)[C@]12CC[C@@](NCc1ccccc1)(CO2)C3.O=Cc1ccccc1. The predicted molar refractivity (Wildman–Crippen MR) is 258 cm³/mol. The lowest BCUT2D eigenvalue weighted by molar-refractivity contribution is -0.263. The Balaban J connectivity index is 0.000000119. The second kappa shape index (κ2) is 16.0. The molecule has 6 heterocycles. The Morgan fingerprint density at radius 2 is 1.18 bits per heavy atom. The number of fused-ring (bicyclic) bond motifs is 6. The number of likely N-dealkylation sites (tertiary alicyclic amines) is 2. The van der Waals surface area contributed by atoms with E-state index >= 15 is 0 Å². The van der Waals surface area contributed by atoms with Crippen LogP contribution in [0.1, 0.15) is 126 Å². The summed E-state index contributed by atoms with van der Waals surface area (Å²) in [5, 5.41) is 4.03. The van der Waals surface area contributed by atoms with Gasteiger partial charge in [-0.1, -0.05) is 108 Å². The lowest BCUT2D eigenvalue weighted by Crippen LogP contribution is -2.81. The number of carbonyl (C=O) groups excluding carboxylic acids is 1. The van der Waals surface area contributed by atoms with Crippen LogP contribution in [0.4, 0.5) is 0 Å². The van der Waals surface area contributed by atoms with Crippen molar-refractivity contribution in [3.05, 3.63) is 142 Å². The highest BCUT2D eigenvalue weighted by Gasteiger charge is 2.72. The molecule has 0 unspecified atom stereocenters. The molecule has 0 aromatic heterocycles. The Labute approximate surface area is 388 Å². The van der Waals surface area contributed by atoms with Gasteiger partial charge in [-0.25, -0.2) is 0 Å². The fourth-order valence-electron chi connectivity index (χ4n) is 15.4. The molecule has 2 spiro atoms. The largest absolute Gasteiger partial charge is 0.371 e. The molecule has 4 saturated carbocycles. The number of hydrogen-bond donors (Lipinski definition) is 2. The summed E-state index contributed by atoms with van der Waals surface area (Å²) in [5.74, 6) is 1.89. The van der Waals surface area contributed by atoms with Crippen LogP contribution < -0.4 is 11.1 Å². The number of piperidine rings is 2. The van der Waals surface area contributed by atoms with Crippen LogP contribution in [-0.4, -0.2) is 89.8 Å². The average molecular weight is 873 g/mol. The summed E-state index contributed by atoms with van der Waals surface area (Å²) < 4.78 is 13.9. The molecule has 0 radical (unpaired) electrons. The van der Waals surface area contributed by atoms with Crippen LogP contribution in [0.3, 0.4) is 0 Å². The standard InChI is InChI=1S/C29H36N2O.C22H30N2O.C7H6O/c1-21-7-10-24-16-26-29-12-11-27(20-32-29,30-17-22-5-3-2-4-6-22)19-28(29,25(24)15-21)13-14-31(26)18-23-8-9-23;1-15-2-5-17-11-19-22-7-6-20(23,14-25-22)13-21(22,18(17)10-15)8-9-24(19)12-16-3-4-16;8-6-7-4-2-1-3-5-7/h2-7,10,15,23,26,30H,8-9,11-14,16-20H2,1H3;2,5,10,16,19H,3-4,6-9,11-14,23H2,1H3;1-6H/t26-,27+,28-,29-;19-,20+,21-,22-;/m11./s1. The van der Waals surface area contributed by atoms with Gasteiger partial charge in [0.05, 0.1) is 24.4 Å². The molecular formula is C58H72N4O3. The highest BCUT2D eigenvalue weighted by atomic mass is 16.5. The summed E-state index contributed by atoms with van der Waals surface area (Å²) in [6, 6.07) is 35.6. The monoisotopic (exact) mass is 873 g/mol. The first kappa shape index (κ1) is 42.6. The summed E-state index contributed by atoms with van der Waals surface area (Å²) in [6.45, 7) is 12.1. The third-order valence-electron chi connectivity index (χ3n) is 18.9. The van der Waals surface area contributed by atoms with Gasteiger partial charge in [0.2, 0.25) is 0 Å². The molecule has 3 N–H and O–H groups in total. The number of rotatable bonds is 8. The minimum atomic E-state index is -0.108. The number of benzene rings is 4. The molecule has 0 amide bonds. The molecule has 10 fully saturated rings. The minimum absolute atomic E-state index is 0.0110. The van der Waals surface area contributed by atoms with E-state index in [1.807, 2.05) is 18.2 Å². The molecule has 8 bridgehead atoms. The van der Waals surface area contributed by atoms with Gasteiger partial charge in [-0.05, 0) is 156 Å². The zero-order valence-corrected chi connectivity index (χ0v) is 39.2. The van der Waals surface area contributed by atoms with E-state index in [1.54, 1.807) is 34.4 Å². The Hall–Kier alpha value is -3.69. The fraction of sp³-hybridized carbons (Fsp3) is 0.569. The molecule has 7 nitrogen and oxygen atoms in total. The van der Waals surface area contributed by atoms with Gasteiger partial charge in [0.25, 0.3) is 0 Å². The third kappa shape index (κ3) is 7.07. The molecule has 12 aliphatic rings. The number of nitrogens with one attached hydrogen (secondary N) is 1. The van der Waals surface area contributed by atoms with E-state index in [9.17, 15) is 4.79 Å².